The van der Waals surface area contributed by atoms with Crippen LogP contribution in [0.2, 0.25) is 0 Å². The summed E-state index contributed by atoms with van der Waals surface area (Å²) in [5.41, 5.74) is 0. The zero-order chi connectivity index (χ0) is 36.1. The Morgan fingerprint density at radius 1 is 0.571 bits per heavy atom. The Labute approximate surface area is 300 Å². The Bertz CT molecular complexity index is 901. The average molecular weight is 713 g/mol. The molecule has 0 fully saturated rings. The second kappa shape index (κ2) is 36.1. The standard InChI is InChI=1S/C40H73O8P/c1-4-6-8-10-12-14-16-17-18-19-20-21-22-23-25-27-29-31-33-35-40(42)48-38(37-47-49(43,44)45-3)36-46-39(41)34-32-30-28-26-24-15-13-11-9-7-5-2/h12,14,17-18,20-21,38H,4-11,13,15-16,19,22-37H2,1-3H3,(H,43,44)/b14-12-,18-17-,21-20-. The van der Waals surface area contributed by atoms with Crippen LogP contribution in [0.5, 0.6) is 0 Å². The molecule has 0 aliphatic carbocycles. The Morgan fingerprint density at radius 2 is 0.980 bits per heavy atom. The average Bonchev–Trinajstić information content (AvgIpc) is 3.09. The number of rotatable bonds is 36. The smallest absolute Gasteiger partial charge is 0.462 e. The van der Waals surface area contributed by atoms with Gasteiger partial charge in [0, 0.05) is 20.0 Å². The topological polar surface area (TPSA) is 108 Å². The fourth-order valence-corrected chi connectivity index (χ4v) is 5.77. The minimum absolute atomic E-state index is 0.229. The van der Waals surface area contributed by atoms with Crippen LogP contribution in [0.25, 0.3) is 0 Å². The van der Waals surface area contributed by atoms with Crippen molar-refractivity contribution in [2.24, 2.45) is 0 Å². The summed E-state index contributed by atoms with van der Waals surface area (Å²) < 4.78 is 31.9. The summed E-state index contributed by atoms with van der Waals surface area (Å²) in [5.74, 6) is -0.818. The molecular formula is C40H73O8P. The molecule has 1 N–H and O–H groups in total. The normalized spacial score (nSPS) is 13.8. The van der Waals surface area contributed by atoms with E-state index < -0.39 is 26.5 Å². The molecule has 2 unspecified atom stereocenters. The van der Waals surface area contributed by atoms with Crippen molar-refractivity contribution in [3.63, 3.8) is 0 Å². The van der Waals surface area contributed by atoms with E-state index in [4.69, 9.17) is 14.0 Å². The van der Waals surface area contributed by atoms with Crippen molar-refractivity contribution in [1.29, 1.82) is 0 Å². The second-order valence-electron chi connectivity index (χ2n) is 13.1. The maximum absolute atomic E-state index is 12.5. The zero-order valence-electron chi connectivity index (χ0n) is 31.6. The van der Waals surface area contributed by atoms with Crippen molar-refractivity contribution in [3.05, 3.63) is 36.5 Å². The van der Waals surface area contributed by atoms with Crippen LogP contribution in [0.15, 0.2) is 36.5 Å². The molecule has 9 heteroatoms. The summed E-state index contributed by atoms with van der Waals surface area (Å²) in [7, 11) is -3.20. The molecule has 0 aromatic carbocycles. The SMILES string of the molecule is CCCCC/C=C\C/C=C\C/C=C\CCCCCCCCC(=O)OC(COC(=O)CCCCCCCCCCCCC)COP(=O)(O)OC. The van der Waals surface area contributed by atoms with Crippen LogP contribution < -0.4 is 0 Å². The van der Waals surface area contributed by atoms with Crippen molar-refractivity contribution >= 4 is 19.8 Å². The van der Waals surface area contributed by atoms with E-state index in [1.54, 1.807) is 0 Å². The lowest BCUT2D eigenvalue weighted by atomic mass is 10.1. The highest BCUT2D eigenvalue weighted by Gasteiger charge is 2.24. The molecule has 0 spiro atoms. The van der Waals surface area contributed by atoms with Gasteiger partial charge in [0.1, 0.15) is 6.61 Å². The third kappa shape index (κ3) is 35.9. The third-order valence-electron chi connectivity index (χ3n) is 8.39. The first-order valence-corrected chi connectivity index (χ1v) is 21.2. The molecule has 0 aliphatic rings. The van der Waals surface area contributed by atoms with E-state index in [0.717, 1.165) is 71.3 Å². The molecule has 0 saturated carbocycles. The number of hydrogen-bond donors (Lipinski definition) is 1. The van der Waals surface area contributed by atoms with Crippen LogP contribution in [-0.4, -0.2) is 43.3 Å². The lowest BCUT2D eigenvalue weighted by Gasteiger charge is -2.19. The maximum Gasteiger partial charge on any atom is 0.472 e. The molecule has 0 aromatic heterocycles. The highest BCUT2D eigenvalue weighted by Crippen LogP contribution is 2.42. The highest BCUT2D eigenvalue weighted by atomic mass is 31.2. The van der Waals surface area contributed by atoms with Gasteiger partial charge in [0.05, 0.1) is 6.61 Å². The Morgan fingerprint density at radius 3 is 1.49 bits per heavy atom. The number of carbonyl (C=O) groups excluding carboxylic acids is 2. The molecule has 0 saturated heterocycles. The number of allylic oxidation sites excluding steroid dienone is 6. The molecule has 0 amide bonds. The number of ether oxygens (including phenoxy) is 2. The first-order chi connectivity index (χ1) is 23.8. The second-order valence-corrected chi connectivity index (χ2v) is 14.6. The fraction of sp³-hybridized carbons (Fsp3) is 0.800. The molecule has 49 heavy (non-hydrogen) atoms. The van der Waals surface area contributed by atoms with E-state index in [0.29, 0.717) is 12.8 Å². The molecule has 0 radical (unpaired) electrons. The van der Waals surface area contributed by atoms with Gasteiger partial charge in [0.15, 0.2) is 6.10 Å². The maximum atomic E-state index is 12.5. The lowest BCUT2D eigenvalue weighted by molar-refractivity contribution is -0.161. The molecule has 0 bridgehead atoms. The quantitative estimate of drug-likeness (QED) is 0.0296. The minimum atomic E-state index is -4.26. The van der Waals surface area contributed by atoms with Crippen molar-refractivity contribution in [3.8, 4) is 0 Å². The summed E-state index contributed by atoms with van der Waals surface area (Å²) in [5, 5.41) is 0. The lowest BCUT2D eigenvalue weighted by Crippen LogP contribution is -2.29. The Balaban J connectivity index is 4.05. The van der Waals surface area contributed by atoms with Crippen molar-refractivity contribution in [2.45, 2.75) is 187 Å². The van der Waals surface area contributed by atoms with Crippen LogP contribution >= 0.6 is 7.82 Å². The van der Waals surface area contributed by atoms with Crippen LogP contribution in [0.1, 0.15) is 181 Å². The van der Waals surface area contributed by atoms with Gasteiger partial charge in [-0.1, -0.05) is 153 Å². The number of phosphoric acid groups is 1. The van der Waals surface area contributed by atoms with E-state index in [-0.39, 0.29) is 19.0 Å². The van der Waals surface area contributed by atoms with Crippen LogP contribution in [-0.2, 0) is 32.7 Å². The van der Waals surface area contributed by atoms with Crippen molar-refractivity contribution < 1.29 is 37.6 Å². The first kappa shape index (κ1) is 47.3. The predicted octanol–water partition coefficient (Wildman–Crippen LogP) is 12.1. The number of carbonyl (C=O) groups is 2. The summed E-state index contributed by atoms with van der Waals surface area (Å²) in [4.78, 5) is 34.3. The summed E-state index contributed by atoms with van der Waals surface area (Å²) in [6, 6.07) is 0. The molecule has 2 atom stereocenters. The fourth-order valence-electron chi connectivity index (χ4n) is 5.31. The van der Waals surface area contributed by atoms with E-state index in [1.165, 1.54) is 83.5 Å². The molecule has 0 heterocycles. The Kier molecular flexibility index (Phi) is 34.8. The van der Waals surface area contributed by atoms with Gasteiger partial charge in [-0.25, -0.2) is 4.57 Å². The van der Waals surface area contributed by atoms with Gasteiger partial charge in [-0.05, 0) is 51.4 Å². The van der Waals surface area contributed by atoms with E-state index in [9.17, 15) is 19.0 Å². The van der Waals surface area contributed by atoms with E-state index in [2.05, 4.69) is 54.8 Å². The van der Waals surface area contributed by atoms with Gasteiger partial charge >= 0.3 is 19.8 Å². The van der Waals surface area contributed by atoms with Crippen molar-refractivity contribution in [2.75, 3.05) is 20.3 Å². The molecule has 0 aromatic rings. The Hall–Kier alpha value is -1.73. The first-order valence-electron chi connectivity index (χ1n) is 19.7. The summed E-state index contributed by atoms with van der Waals surface area (Å²) in [6.45, 7) is 3.83. The predicted molar refractivity (Wildman–Crippen MR) is 202 cm³/mol. The molecule has 8 nitrogen and oxygen atoms in total. The van der Waals surface area contributed by atoms with E-state index >= 15 is 0 Å². The minimum Gasteiger partial charge on any atom is -0.462 e. The largest absolute Gasteiger partial charge is 0.472 e. The van der Waals surface area contributed by atoms with Gasteiger partial charge in [0.2, 0.25) is 0 Å². The van der Waals surface area contributed by atoms with Crippen molar-refractivity contribution in [1.82, 2.24) is 0 Å². The van der Waals surface area contributed by atoms with Gasteiger partial charge in [0.25, 0.3) is 0 Å². The summed E-state index contributed by atoms with van der Waals surface area (Å²) in [6.07, 6.45) is 40.5. The van der Waals surface area contributed by atoms with Gasteiger partial charge in [-0.2, -0.15) is 0 Å². The van der Waals surface area contributed by atoms with Gasteiger partial charge in [-0.3, -0.25) is 18.6 Å². The highest BCUT2D eigenvalue weighted by molar-refractivity contribution is 7.47. The van der Waals surface area contributed by atoms with Crippen LogP contribution in [0.3, 0.4) is 0 Å². The van der Waals surface area contributed by atoms with E-state index in [1.807, 2.05) is 0 Å². The molecule has 0 rings (SSSR count). The number of phosphoric ester groups is 1. The molecular weight excluding hydrogens is 639 g/mol. The van der Waals surface area contributed by atoms with Crippen LogP contribution in [0.4, 0.5) is 0 Å². The monoisotopic (exact) mass is 713 g/mol. The van der Waals surface area contributed by atoms with Gasteiger partial charge in [-0.15, -0.1) is 0 Å². The number of esters is 2. The third-order valence-corrected chi connectivity index (χ3v) is 9.32. The van der Waals surface area contributed by atoms with Gasteiger partial charge < -0.3 is 14.4 Å². The van der Waals surface area contributed by atoms with Crippen LogP contribution in [0, 0.1) is 0 Å². The molecule has 0 aliphatic heterocycles. The summed E-state index contributed by atoms with van der Waals surface area (Å²) >= 11 is 0. The number of unbranched alkanes of at least 4 members (excludes halogenated alkanes) is 19. The zero-order valence-corrected chi connectivity index (χ0v) is 32.5. The number of hydrogen-bond acceptors (Lipinski definition) is 7. The molecule has 286 valence electrons.